The van der Waals surface area contributed by atoms with E-state index in [1.165, 1.54) is 5.56 Å². The van der Waals surface area contributed by atoms with Crippen molar-refractivity contribution in [3.63, 3.8) is 0 Å². The second kappa shape index (κ2) is 9.05. The molecular weight excluding hydrogens is 362 g/mol. The van der Waals surface area contributed by atoms with Gasteiger partial charge in [0.15, 0.2) is 17.4 Å². The van der Waals surface area contributed by atoms with Crippen molar-refractivity contribution in [2.75, 3.05) is 13.1 Å². The Hall–Kier alpha value is -2.93. The van der Waals surface area contributed by atoms with E-state index in [0.29, 0.717) is 18.6 Å². The molecule has 2 unspecified atom stereocenters. The van der Waals surface area contributed by atoms with Gasteiger partial charge >= 0.3 is 0 Å². The lowest BCUT2D eigenvalue weighted by Crippen LogP contribution is -2.44. The Labute approximate surface area is 171 Å². The Morgan fingerprint density at radius 1 is 1.14 bits per heavy atom. The van der Waals surface area contributed by atoms with Crippen molar-refractivity contribution in [1.29, 1.82) is 0 Å². The second-order valence-electron chi connectivity index (χ2n) is 7.58. The molecule has 29 heavy (non-hydrogen) atoms. The SMILES string of the molecule is CCNC(=NCc1nnc2ccccn12)NC1CC(C)N(Cc2ccccc2)C1. The summed E-state index contributed by atoms with van der Waals surface area (Å²) in [5, 5.41) is 15.4. The normalized spacial score (nSPS) is 20.3. The summed E-state index contributed by atoms with van der Waals surface area (Å²) in [6, 6.07) is 17.5. The molecule has 2 atom stereocenters. The predicted octanol–water partition coefficient (Wildman–Crippen LogP) is 2.45. The summed E-state index contributed by atoms with van der Waals surface area (Å²) in [7, 11) is 0. The number of likely N-dealkylation sites (tertiary alicyclic amines) is 1. The van der Waals surface area contributed by atoms with E-state index in [1.807, 2.05) is 28.8 Å². The van der Waals surface area contributed by atoms with Crippen LogP contribution in [0, 0.1) is 0 Å². The topological polar surface area (TPSA) is 69.8 Å². The van der Waals surface area contributed by atoms with Crippen molar-refractivity contribution in [2.24, 2.45) is 4.99 Å². The molecule has 2 N–H and O–H groups in total. The minimum atomic E-state index is 0.377. The third kappa shape index (κ3) is 4.74. The number of guanidine groups is 1. The van der Waals surface area contributed by atoms with Crippen molar-refractivity contribution < 1.29 is 0 Å². The van der Waals surface area contributed by atoms with Crippen molar-refractivity contribution >= 4 is 11.6 Å². The number of pyridine rings is 1. The lowest BCUT2D eigenvalue weighted by atomic mass is 10.2. The van der Waals surface area contributed by atoms with Crippen LogP contribution in [0.1, 0.15) is 31.7 Å². The van der Waals surface area contributed by atoms with Gasteiger partial charge in [0.25, 0.3) is 0 Å². The van der Waals surface area contributed by atoms with Gasteiger partial charge in [0.1, 0.15) is 6.54 Å². The van der Waals surface area contributed by atoms with E-state index in [0.717, 1.165) is 43.5 Å². The molecule has 152 valence electrons. The highest BCUT2D eigenvalue weighted by Crippen LogP contribution is 2.20. The molecule has 3 aromatic rings. The quantitative estimate of drug-likeness (QED) is 0.499. The van der Waals surface area contributed by atoms with Gasteiger partial charge < -0.3 is 10.6 Å². The third-order valence-corrected chi connectivity index (χ3v) is 5.38. The van der Waals surface area contributed by atoms with Gasteiger partial charge in [-0.25, -0.2) is 4.99 Å². The summed E-state index contributed by atoms with van der Waals surface area (Å²) in [4.78, 5) is 7.29. The molecule has 1 saturated heterocycles. The van der Waals surface area contributed by atoms with Gasteiger partial charge in [-0.1, -0.05) is 36.4 Å². The number of benzene rings is 1. The average Bonchev–Trinajstić information content (AvgIpc) is 3.30. The molecule has 2 aromatic heterocycles. The molecular formula is C22H29N7. The van der Waals surface area contributed by atoms with Crippen molar-refractivity contribution in [3.8, 4) is 0 Å². The number of aromatic nitrogens is 3. The average molecular weight is 392 g/mol. The molecule has 1 aliphatic heterocycles. The molecule has 7 heteroatoms. The number of nitrogens with one attached hydrogen (secondary N) is 2. The van der Waals surface area contributed by atoms with Crippen LogP contribution in [0.5, 0.6) is 0 Å². The number of hydrogen-bond donors (Lipinski definition) is 2. The summed E-state index contributed by atoms with van der Waals surface area (Å²) >= 11 is 0. The molecule has 1 fully saturated rings. The van der Waals surface area contributed by atoms with Gasteiger partial charge in [-0.2, -0.15) is 0 Å². The van der Waals surface area contributed by atoms with E-state index in [1.54, 1.807) is 0 Å². The van der Waals surface area contributed by atoms with E-state index < -0.39 is 0 Å². The van der Waals surface area contributed by atoms with Crippen LogP contribution in [0.15, 0.2) is 59.7 Å². The monoisotopic (exact) mass is 391 g/mol. The molecule has 0 saturated carbocycles. The highest BCUT2D eigenvalue weighted by Gasteiger charge is 2.29. The summed E-state index contributed by atoms with van der Waals surface area (Å²) < 4.78 is 1.98. The first kappa shape index (κ1) is 19.4. The van der Waals surface area contributed by atoms with Gasteiger partial charge in [0.05, 0.1) is 0 Å². The fourth-order valence-electron chi connectivity index (χ4n) is 3.90. The maximum atomic E-state index is 4.76. The molecule has 0 amide bonds. The molecule has 1 aliphatic rings. The number of hydrogen-bond acceptors (Lipinski definition) is 4. The van der Waals surface area contributed by atoms with Gasteiger partial charge in [-0.3, -0.25) is 9.30 Å². The van der Waals surface area contributed by atoms with E-state index in [9.17, 15) is 0 Å². The number of nitrogens with zero attached hydrogens (tertiary/aromatic N) is 5. The third-order valence-electron chi connectivity index (χ3n) is 5.38. The van der Waals surface area contributed by atoms with Crippen LogP contribution in [0.4, 0.5) is 0 Å². The lowest BCUT2D eigenvalue weighted by molar-refractivity contribution is 0.258. The zero-order valence-electron chi connectivity index (χ0n) is 17.1. The maximum absolute atomic E-state index is 4.76. The van der Waals surface area contributed by atoms with E-state index in [4.69, 9.17) is 4.99 Å². The highest BCUT2D eigenvalue weighted by molar-refractivity contribution is 5.80. The molecule has 4 rings (SSSR count). The maximum Gasteiger partial charge on any atom is 0.191 e. The second-order valence-corrected chi connectivity index (χ2v) is 7.58. The largest absolute Gasteiger partial charge is 0.357 e. The van der Waals surface area contributed by atoms with Gasteiger partial charge in [-0.05, 0) is 38.0 Å². The van der Waals surface area contributed by atoms with Crippen LogP contribution in [0.25, 0.3) is 5.65 Å². The molecule has 0 spiro atoms. The highest BCUT2D eigenvalue weighted by atomic mass is 15.3. The van der Waals surface area contributed by atoms with Gasteiger partial charge in [0, 0.05) is 37.9 Å². The van der Waals surface area contributed by atoms with Crippen LogP contribution >= 0.6 is 0 Å². The number of fused-ring (bicyclic) bond motifs is 1. The van der Waals surface area contributed by atoms with Crippen LogP contribution in [0.2, 0.25) is 0 Å². The minimum Gasteiger partial charge on any atom is -0.357 e. The molecule has 0 aliphatic carbocycles. The van der Waals surface area contributed by atoms with Gasteiger partial charge in [-0.15, -0.1) is 10.2 Å². The van der Waals surface area contributed by atoms with E-state index in [-0.39, 0.29) is 0 Å². The molecule has 3 heterocycles. The molecule has 7 nitrogen and oxygen atoms in total. The molecule has 0 radical (unpaired) electrons. The van der Waals surface area contributed by atoms with E-state index >= 15 is 0 Å². The fourth-order valence-corrected chi connectivity index (χ4v) is 3.90. The molecule has 1 aromatic carbocycles. The first-order valence-corrected chi connectivity index (χ1v) is 10.3. The summed E-state index contributed by atoms with van der Waals surface area (Å²) in [5.74, 6) is 1.67. The Morgan fingerprint density at radius 3 is 2.79 bits per heavy atom. The minimum absolute atomic E-state index is 0.377. The summed E-state index contributed by atoms with van der Waals surface area (Å²) in [6.45, 7) is 7.69. The fraction of sp³-hybridized carbons (Fsp3) is 0.409. The molecule has 0 bridgehead atoms. The lowest BCUT2D eigenvalue weighted by Gasteiger charge is -2.21. The van der Waals surface area contributed by atoms with Crippen LogP contribution in [-0.2, 0) is 13.1 Å². The van der Waals surface area contributed by atoms with Crippen LogP contribution in [-0.4, -0.2) is 50.6 Å². The summed E-state index contributed by atoms with van der Waals surface area (Å²) in [6.07, 6.45) is 3.08. The van der Waals surface area contributed by atoms with Crippen LogP contribution in [0.3, 0.4) is 0 Å². The van der Waals surface area contributed by atoms with Crippen LogP contribution < -0.4 is 10.6 Å². The van der Waals surface area contributed by atoms with Crippen molar-refractivity contribution in [3.05, 3.63) is 66.1 Å². The Kier molecular flexibility index (Phi) is 6.05. The van der Waals surface area contributed by atoms with E-state index in [2.05, 4.69) is 69.9 Å². The Balaban J connectivity index is 1.39. The first-order valence-electron chi connectivity index (χ1n) is 10.3. The first-order chi connectivity index (χ1) is 14.2. The Morgan fingerprint density at radius 2 is 1.97 bits per heavy atom. The van der Waals surface area contributed by atoms with Crippen molar-refractivity contribution in [1.82, 2.24) is 30.1 Å². The standard InChI is InChI=1S/C22H29N7/c1-3-23-22(24-14-21-27-26-20-11-7-8-12-29(20)21)25-19-13-17(2)28(16-19)15-18-9-5-4-6-10-18/h4-12,17,19H,3,13-16H2,1-2H3,(H2,23,24,25). The zero-order valence-corrected chi connectivity index (χ0v) is 17.1. The number of rotatable bonds is 6. The van der Waals surface area contributed by atoms with Gasteiger partial charge in [0.2, 0.25) is 0 Å². The van der Waals surface area contributed by atoms with Crippen molar-refractivity contribution in [2.45, 2.75) is 45.4 Å². The number of aliphatic imine (C=N–C) groups is 1. The smallest absolute Gasteiger partial charge is 0.191 e. The zero-order chi connectivity index (χ0) is 20.1. The Bertz CT molecular complexity index is 950. The predicted molar refractivity (Wildman–Crippen MR) is 116 cm³/mol. The summed E-state index contributed by atoms with van der Waals surface area (Å²) in [5.41, 5.74) is 2.20.